The summed E-state index contributed by atoms with van der Waals surface area (Å²) in [5, 5.41) is 4.05. The molecule has 7 nitrogen and oxygen atoms in total. The highest BCUT2D eigenvalue weighted by Gasteiger charge is 2.23. The topological polar surface area (TPSA) is 96.9 Å². The quantitative estimate of drug-likeness (QED) is 0.164. The van der Waals surface area contributed by atoms with Gasteiger partial charge in [-0.3, -0.25) is 4.79 Å². The number of amides is 1. The van der Waals surface area contributed by atoms with Crippen molar-refractivity contribution in [1.82, 2.24) is 10.1 Å². The number of carbonyl (C=O) groups is 1. The zero-order valence-electron chi connectivity index (χ0n) is 21.3. The Hall–Kier alpha value is -3.79. The largest absolute Gasteiger partial charge is 0.488 e. The standard InChI is InChI=1S/C30H28BrN3O4S/c1-22-12-15-26(16-13-22)39(36,37)34-28(25-10-6-3-7-11-25)19-30(35)33-32-20-24-14-17-29(27(31)18-24)38-21-23-8-4-2-5-9-23/h2-18,20,28,34H,19,21H2,1H3,(H,33,35)/b32-20-/t28-/m1/s1. The van der Waals surface area contributed by atoms with Crippen LogP contribution < -0.4 is 14.9 Å². The molecule has 0 aliphatic rings. The van der Waals surface area contributed by atoms with Crippen LogP contribution in [0.25, 0.3) is 0 Å². The van der Waals surface area contributed by atoms with Gasteiger partial charge in [-0.1, -0.05) is 78.4 Å². The van der Waals surface area contributed by atoms with Crippen LogP contribution in [0, 0.1) is 6.92 Å². The number of hydrogen-bond acceptors (Lipinski definition) is 5. The summed E-state index contributed by atoms with van der Waals surface area (Å²) in [4.78, 5) is 12.9. The second-order valence-electron chi connectivity index (χ2n) is 8.86. The molecular formula is C30H28BrN3O4S. The van der Waals surface area contributed by atoms with Gasteiger partial charge in [-0.2, -0.15) is 5.10 Å². The number of nitrogens with one attached hydrogen (secondary N) is 2. The zero-order chi connectivity index (χ0) is 27.7. The van der Waals surface area contributed by atoms with Gasteiger partial charge < -0.3 is 4.74 Å². The van der Waals surface area contributed by atoms with Gasteiger partial charge in [0.2, 0.25) is 15.9 Å². The average molecular weight is 607 g/mol. The molecule has 0 saturated heterocycles. The highest BCUT2D eigenvalue weighted by atomic mass is 79.9. The van der Waals surface area contributed by atoms with Crippen LogP contribution in [0.5, 0.6) is 5.75 Å². The summed E-state index contributed by atoms with van der Waals surface area (Å²) >= 11 is 3.51. The predicted octanol–water partition coefficient (Wildman–Crippen LogP) is 5.90. The molecule has 1 atom stereocenters. The Morgan fingerprint density at radius 2 is 1.62 bits per heavy atom. The predicted molar refractivity (Wildman–Crippen MR) is 156 cm³/mol. The Balaban J connectivity index is 1.38. The molecule has 0 bridgehead atoms. The molecule has 4 aromatic rings. The monoisotopic (exact) mass is 605 g/mol. The van der Waals surface area contributed by atoms with Gasteiger partial charge >= 0.3 is 0 Å². The third kappa shape index (κ3) is 8.35. The highest BCUT2D eigenvalue weighted by Crippen LogP contribution is 2.26. The Morgan fingerprint density at radius 1 is 0.949 bits per heavy atom. The van der Waals surface area contributed by atoms with Crippen molar-refractivity contribution in [3.8, 4) is 5.75 Å². The maximum absolute atomic E-state index is 13.0. The van der Waals surface area contributed by atoms with E-state index in [0.29, 0.717) is 17.9 Å². The van der Waals surface area contributed by atoms with E-state index < -0.39 is 22.0 Å². The Bertz CT molecular complexity index is 1530. The van der Waals surface area contributed by atoms with Crippen LogP contribution in [0.1, 0.15) is 34.7 Å². The van der Waals surface area contributed by atoms with Crippen LogP contribution in [0.2, 0.25) is 0 Å². The van der Waals surface area contributed by atoms with E-state index in [0.717, 1.165) is 21.2 Å². The molecule has 1 amide bonds. The van der Waals surface area contributed by atoms with E-state index in [2.05, 4.69) is 31.2 Å². The molecule has 0 fully saturated rings. The molecule has 39 heavy (non-hydrogen) atoms. The number of aryl methyl sites for hydroxylation is 1. The van der Waals surface area contributed by atoms with E-state index in [9.17, 15) is 13.2 Å². The minimum Gasteiger partial charge on any atom is -0.488 e. The fourth-order valence-electron chi connectivity index (χ4n) is 3.75. The van der Waals surface area contributed by atoms with Crippen molar-refractivity contribution in [3.05, 3.63) is 130 Å². The smallest absolute Gasteiger partial charge is 0.242 e. The maximum Gasteiger partial charge on any atom is 0.242 e. The number of sulfonamides is 1. The molecule has 0 heterocycles. The Morgan fingerprint density at radius 3 is 2.28 bits per heavy atom. The number of halogens is 1. The van der Waals surface area contributed by atoms with Gasteiger partial charge in [0.05, 0.1) is 21.6 Å². The summed E-state index contributed by atoms with van der Waals surface area (Å²) in [6.07, 6.45) is 1.38. The van der Waals surface area contributed by atoms with Gasteiger partial charge in [-0.15, -0.1) is 0 Å². The lowest BCUT2D eigenvalue weighted by atomic mass is 10.0. The van der Waals surface area contributed by atoms with Gasteiger partial charge in [-0.05, 0) is 69.9 Å². The molecule has 0 aliphatic heterocycles. The van der Waals surface area contributed by atoms with Crippen molar-refractivity contribution in [2.24, 2.45) is 5.10 Å². The molecule has 0 radical (unpaired) electrons. The van der Waals surface area contributed by atoms with Gasteiger partial charge in [0.25, 0.3) is 0 Å². The third-order valence-corrected chi connectivity index (χ3v) is 7.92. The number of rotatable bonds is 11. The molecule has 9 heteroatoms. The zero-order valence-corrected chi connectivity index (χ0v) is 23.7. The van der Waals surface area contributed by atoms with Crippen molar-refractivity contribution < 1.29 is 17.9 Å². The molecule has 0 unspecified atom stereocenters. The van der Waals surface area contributed by atoms with E-state index in [4.69, 9.17) is 4.74 Å². The SMILES string of the molecule is Cc1ccc(S(=O)(=O)N[C@H](CC(=O)N/N=C\c2ccc(OCc3ccccc3)c(Br)c2)c2ccccc2)cc1. The van der Waals surface area contributed by atoms with E-state index in [1.165, 1.54) is 6.21 Å². The second-order valence-corrected chi connectivity index (χ2v) is 11.4. The normalized spacial score (nSPS) is 12.3. The number of hydrazone groups is 1. The summed E-state index contributed by atoms with van der Waals surface area (Å²) in [7, 11) is -3.85. The molecule has 200 valence electrons. The number of carbonyl (C=O) groups excluding carboxylic acids is 1. The number of hydrogen-bond donors (Lipinski definition) is 2. The first kappa shape index (κ1) is 28.2. The molecular weight excluding hydrogens is 578 g/mol. The summed E-state index contributed by atoms with van der Waals surface area (Å²) in [6, 6.07) is 30.1. The lowest BCUT2D eigenvalue weighted by Crippen LogP contribution is -2.32. The molecule has 0 aliphatic carbocycles. The van der Waals surface area contributed by atoms with Gasteiger partial charge in [0.1, 0.15) is 12.4 Å². The van der Waals surface area contributed by atoms with Crippen LogP contribution in [0.3, 0.4) is 0 Å². The lowest BCUT2D eigenvalue weighted by Gasteiger charge is -2.18. The molecule has 4 aromatic carbocycles. The van der Waals surface area contributed by atoms with Gasteiger partial charge in [-0.25, -0.2) is 18.6 Å². The molecule has 2 N–H and O–H groups in total. The Kier molecular flexibility index (Phi) is 9.64. The van der Waals surface area contributed by atoms with Crippen molar-refractivity contribution >= 4 is 38.1 Å². The van der Waals surface area contributed by atoms with Crippen LogP contribution >= 0.6 is 15.9 Å². The van der Waals surface area contributed by atoms with E-state index >= 15 is 0 Å². The second kappa shape index (κ2) is 13.3. The van der Waals surface area contributed by atoms with Crippen LogP contribution in [0.15, 0.2) is 118 Å². The first-order chi connectivity index (χ1) is 18.8. The fraction of sp³-hybridized carbons (Fsp3) is 0.133. The molecule has 0 spiro atoms. The minimum atomic E-state index is -3.85. The maximum atomic E-state index is 13.0. The van der Waals surface area contributed by atoms with Gasteiger partial charge in [0.15, 0.2) is 0 Å². The fourth-order valence-corrected chi connectivity index (χ4v) is 5.48. The Labute approximate surface area is 237 Å². The van der Waals surface area contributed by atoms with Crippen molar-refractivity contribution in [2.45, 2.75) is 30.9 Å². The van der Waals surface area contributed by atoms with Crippen molar-refractivity contribution in [3.63, 3.8) is 0 Å². The number of nitrogens with zero attached hydrogens (tertiary/aromatic N) is 1. The summed E-state index contributed by atoms with van der Waals surface area (Å²) in [6.45, 7) is 2.33. The van der Waals surface area contributed by atoms with Crippen molar-refractivity contribution in [1.29, 1.82) is 0 Å². The number of benzene rings is 4. The van der Waals surface area contributed by atoms with E-state index in [-0.39, 0.29) is 11.3 Å². The van der Waals surface area contributed by atoms with Crippen LogP contribution in [0.4, 0.5) is 0 Å². The first-order valence-corrected chi connectivity index (χ1v) is 14.5. The summed E-state index contributed by atoms with van der Waals surface area (Å²) < 4.78 is 35.3. The average Bonchev–Trinajstić information content (AvgIpc) is 2.93. The van der Waals surface area contributed by atoms with Crippen LogP contribution in [-0.4, -0.2) is 20.5 Å². The van der Waals surface area contributed by atoms with E-state index in [1.807, 2.05) is 61.5 Å². The minimum absolute atomic E-state index is 0.134. The third-order valence-electron chi connectivity index (χ3n) is 5.82. The molecule has 4 rings (SSSR count). The molecule has 0 aromatic heterocycles. The molecule has 0 saturated carbocycles. The summed E-state index contributed by atoms with van der Waals surface area (Å²) in [5.41, 5.74) is 5.92. The lowest BCUT2D eigenvalue weighted by molar-refractivity contribution is -0.121. The number of ether oxygens (including phenoxy) is 1. The van der Waals surface area contributed by atoms with Crippen molar-refractivity contribution in [2.75, 3.05) is 0 Å². The van der Waals surface area contributed by atoms with E-state index in [1.54, 1.807) is 48.5 Å². The van der Waals surface area contributed by atoms with Gasteiger partial charge in [0, 0.05) is 6.42 Å². The first-order valence-electron chi connectivity index (χ1n) is 12.2. The highest BCUT2D eigenvalue weighted by molar-refractivity contribution is 9.10. The van der Waals surface area contributed by atoms with Crippen LogP contribution in [-0.2, 0) is 21.4 Å². The summed E-state index contributed by atoms with van der Waals surface area (Å²) in [5.74, 6) is 0.250.